The molecule has 0 radical (unpaired) electrons. The van der Waals surface area contributed by atoms with Crippen LogP contribution in [0.1, 0.15) is 25.7 Å². The fourth-order valence-corrected chi connectivity index (χ4v) is 5.30. The highest BCUT2D eigenvalue weighted by molar-refractivity contribution is 9.10. The molecule has 3 aliphatic carbocycles. The quantitative estimate of drug-likeness (QED) is 0.457. The van der Waals surface area contributed by atoms with Crippen LogP contribution < -0.4 is 10.6 Å². The summed E-state index contributed by atoms with van der Waals surface area (Å²) >= 11 is 3.40. The SMILES string of the molecule is O=C(NCCCCO)[C@H]1[C@H](C(=O)Nc2ccc(Br)cc2)[C@H]2C=C[C@H]1C21CC1. The zero-order valence-corrected chi connectivity index (χ0v) is 16.7. The third-order valence-electron chi connectivity index (χ3n) is 6.44. The number of aliphatic hydroxyl groups is 1. The van der Waals surface area contributed by atoms with Crippen LogP contribution >= 0.6 is 15.9 Å². The van der Waals surface area contributed by atoms with Gasteiger partial charge in [-0.25, -0.2) is 0 Å². The normalized spacial score (nSPS) is 29.1. The lowest BCUT2D eigenvalue weighted by Gasteiger charge is -2.26. The first-order valence-corrected chi connectivity index (χ1v) is 10.5. The average molecular weight is 433 g/mol. The maximum Gasteiger partial charge on any atom is 0.228 e. The first-order chi connectivity index (χ1) is 13.1. The van der Waals surface area contributed by atoms with Crippen molar-refractivity contribution in [3.63, 3.8) is 0 Å². The molecule has 144 valence electrons. The Labute approximate surface area is 167 Å². The Morgan fingerprint density at radius 2 is 1.67 bits per heavy atom. The van der Waals surface area contributed by atoms with Gasteiger partial charge in [-0.2, -0.15) is 0 Å². The molecule has 1 aromatic rings. The number of halogens is 1. The molecule has 3 N–H and O–H groups in total. The predicted molar refractivity (Wildman–Crippen MR) is 107 cm³/mol. The third-order valence-corrected chi connectivity index (χ3v) is 6.97. The Morgan fingerprint density at radius 3 is 2.26 bits per heavy atom. The summed E-state index contributed by atoms with van der Waals surface area (Å²) in [5.41, 5.74) is 0.886. The monoisotopic (exact) mass is 432 g/mol. The highest BCUT2D eigenvalue weighted by Crippen LogP contribution is 2.72. The van der Waals surface area contributed by atoms with Crippen molar-refractivity contribution in [2.75, 3.05) is 18.5 Å². The van der Waals surface area contributed by atoms with Crippen LogP contribution in [-0.4, -0.2) is 30.1 Å². The van der Waals surface area contributed by atoms with Gasteiger partial charge in [-0.15, -0.1) is 0 Å². The van der Waals surface area contributed by atoms with Crippen LogP contribution in [0.25, 0.3) is 0 Å². The summed E-state index contributed by atoms with van der Waals surface area (Å²) in [6.45, 7) is 0.680. The minimum Gasteiger partial charge on any atom is -0.396 e. The Kier molecular flexibility index (Phi) is 5.12. The second-order valence-corrected chi connectivity index (χ2v) is 8.85. The number of rotatable bonds is 7. The number of anilines is 1. The lowest BCUT2D eigenvalue weighted by atomic mass is 9.81. The maximum absolute atomic E-state index is 13.1. The number of aliphatic hydroxyl groups excluding tert-OH is 1. The summed E-state index contributed by atoms with van der Waals surface area (Å²) in [6, 6.07) is 7.51. The molecule has 1 spiro atoms. The van der Waals surface area contributed by atoms with Crippen molar-refractivity contribution in [2.24, 2.45) is 29.1 Å². The van der Waals surface area contributed by atoms with Crippen molar-refractivity contribution in [3.05, 3.63) is 40.9 Å². The number of carbonyl (C=O) groups is 2. The van der Waals surface area contributed by atoms with E-state index in [0.29, 0.717) is 13.0 Å². The summed E-state index contributed by atoms with van der Waals surface area (Å²) in [6.07, 6.45) is 7.96. The second kappa shape index (κ2) is 7.40. The molecule has 2 saturated carbocycles. The number of allylic oxidation sites excluding steroid dienone is 2. The lowest BCUT2D eigenvalue weighted by molar-refractivity contribution is -0.132. The minimum absolute atomic E-state index is 0.0213. The molecular formula is C21H25BrN2O3. The summed E-state index contributed by atoms with van der Waals surface area (Å²) in [7, 11) is 0. The molecule has 0 unspecified atom stereocenters. The molecule has 1 aromatic carbocycles. The number of hydrogen-bond acceptors (Lipinski definition) is 3. The molecule has 6 heteroatoms. The first kappa shape index (κ1) is 18.7. The third kappa shape index (κ3) is 3.34. The van der Waals surface area contributed by atoms with Crippen molar-refractivity contribution in [1.82, 2.24) is 5.32 Å². The van der Waals surface area contributed by atoms with E-state index in [0.717, 1.165) is 29.4 Å². The first-order valence-electron chi connectivity index (χ1n) is 9.70. The van der Waals surface area contributed by atoms with Crippen LogP contribution in [0.2, 0.25) is 0 Å². The van der Waals surface area contributed by atoms with Crippen LogP contribution in [0, 0.1) is 29.1 Å². The van der Waals surface area contributed by atoms with E-state index in [1.54, 1.807) is 0 Å². The number of unbranched alkanes of at least 4 members (excludes halogenated alkanes) is 1. The van der Waals surface area contributed by atoms with Crippen molar-refractivity contribution < 1.29 is 14.7 Å². The van der Waals surface area contributed by atoms with Crippen LogP contribution in [0.15, 0.2) is 40.9 Å². The van der Waals surface area contributed by atoms with E-state index in [1.807, 2.05) is 24.3 Å². The van der Waals surface area contributed by atoms with Gasteiger partial charge < -0.3 is 15.7 Å². The standard InChI is InChI=1S/C21H25BrN2O3/c22-13-3-5-14(6-4-13)24-20(27)18-16-8-7-15(21(16)9-10-21)17(18)19(26)23-11-1-2-12-25/h3-8,15-18,25H,1-2,9-12H2,(H,23,26)(H,24,27)/t15-,16-,17-,18-/m1/s1. The highest BCUT2D eigenvalue weighted by Gasteiger charge is 2.69. The van der Waals surface area contributed by atoms with E-state index < -0.39 is 0 Å². The fraction of sp³-hybridized carbons (Fsp3) is 0.524. The largest absolute Gasteiger partial charge is 0.396 e. The van der Waals surface area contributed by atoms with Gasteiger partial charge in [0.15, 0.2) is 0 Å². The van der Waals surface area contributed by atoms with Gasteiger partial charge in [-0.1, -0.05) is 28.1 Å². The number of hydrogen-bond donors (Lipinski definition) is 3. The Bertz CT molecular complexity index is 757. The summed E-state index contributed by atoms with van der Waals surface area (Å²) in [4.78, 5) is 26.1. The van der Waals surface area contributed by atoms with Crippen LogP contribution in [0.5, 0.6) is 0 Å². The zero-order chi connectivity index (χ0) is 19.0. The summed E-state index contributed by atoms with van der Waals surface area (Å²) < 4.78 is 0.959. The van der Waals surface area contributed by atoms with Gasteiger partial charge in [0.25, 0.3) is 0 Å². The van der Waals surface area contributed by atoms with Gasteiger partial charge in [0.2, 0.25) is 11.8 Å². The number of nitrogens with one attached hydrogen (secondary N) is 2. The van der Waals surface area contributed by atoms with Crippen LogP contribution in [0.3, 0.4) is 0 Å². The topological polar surface area (TPSA) is 78.4 Å². The van der Waals surface area contributed by atoms with E-state index >= 15 is 0 Å². The summed E-state index contributed by atoms with van der Waals surface area (Å²) in [5, 5.41) is 14.9. The molecule has 2 amide bonds. The molecular weight excluding hydrogens is 408 g/mol. The molecule has 2 fully saturated rings. The van der Waals surface area contributed by atoms with E-state index in [1.165, 1.54) is 0 Å². The number of benzene rings is 1. The molecule has 0 aromatic heterocycles. The molecule has 4 rings (SSSR count). The van der Waals surface area contributed by atoms with E-state index in [9.17, 15) is 9.59 Å². The van der Waals surface area contributed by atoms with Crippen molar-refractivity contribution in [3.8, 4) is 0 Å². The van der Waals surface area contributed by atoms with Gasteiger partial charge in [0, 0.05) is 23.3 Å². The fourth-order valence-electron chi connectivity index (χ4n) is 5.03. The minimum atomic E-state index is -0.316. The zero-order valence-electron chi connectivity index (χ0n) is 15.2. The molecule has 3 aliphatic rings. The Balaban J connectivity index is 1.50. The van der Waals surface area contributed by atoms with Gasteiger partial charge in [-0.3, -0.25) is 9.59 Å². The Morgan fingerprint density at radius 1 is 1.04 bits per heavy atom. The van der Waals surface area contributed by atoms with Crippen molar-refractivity contribution in [2.45, 2.75) is 25.7 Å². The van der Waals surface area contributed by atoms with Gasteiger partial charge in [-0.05, 0) is 67.2 Å². The van der Waals surface area contributed by atoms with E-state index in [2.05, 4.69) is 38.7 Å². The molecule has 2 bridgehead atoms. The predicted octanol–water partition coefficient (Wildman–Crippen LogP) is 3.10. The van der Waals surface area contributed by atoms with E-state index in [-0.39, 0.29) is 47.5 Å². The number of carbonyl (C=O) groups excluding carboxylic acids is 2. The number of amides is 2. The van der Waals surface area contributed by atoms with E-state index in [4.69, 9.17) is 5.11 Å². The lowest BCUT2D eigenvalue weighted by Crippen LogP contribution is -2.42. The van der Waals surface area contributed by atoms with Crippen LogP contribution in [-0.2, 0) is 9.59 Å². The second-order valence-electron chi connectivity index (χ2n) is 7.94. The highest BCUT2D eigenvalue weighted by atomic mass is 79.9. The maximum atomic E-state index is 13.1. The summed E-state index contributed by atoms with van der Waals surface area (Å²) in [5.74, 6) is -0.369. The van der Waals surface area contributed by atoms with Crippen molar-refractivity contribution >= 4 is 33.4 Å². The smallest absolute Gasteiger partial charge is 0.228 e. The molecule has 0 aliphatic heterocycles. The Hall–Kier alpha value is -1.66. The van der Waals surface area contributed by atoms with Crippen LogP contribution in [0.4, 0.5) is 5.69 Å². The van der Waals surface area contributed by atoms with Gasteiger partial charge in [0.1, 0.15) is 0 Å². The van der Waals surface area contributed by atoms with Crippen molar-refractivity contribution in [1.29, 1.82) is 0 Å². The average Bonchev–Trinajstić information content (AvgIpc) is 3.33. The molecule has 27 heavy (non-hydrogen) atoms. The molecule has 5 nitrogen and oxygen atoms in total. The molecule has 0 saturated heterocycles. The van der Waals surface area contributed by atoms with Gasteiger partial charge >= 0.3 is 0 Å². The van der Waals surface area contributed by atoms with Gasteiger partial charge in [0.05, 0.1) is 11.8 Å². The molecule has 4 atom stereocenters. The molecule has 0 heterocycles.